The Bertz CT molecular complexity index is 241. The summed E-state index contributed by atoms with van der Waals surface area (Å²) >= 11 is 0. The van der Waals surface area contributed by atoms with Crippen LogP contribution in [0.5, 0.6) is 0 Å². The maximum absolute atomic E-state index is 11.2. The summed E-state index contributed by atoms with van der Waals surface area (Å²) in [5, 5.41) is 12.5. The molecule has 0 saturated heterocycles. The van der Waals surface area contributed by atoms with Crippen molar-refractivity contribution in [3.8, 4) is 12.3 Å². The monoisotopic (exact) mass is 212 g/mol. The van der Waals surface area contributed by atoms with E-state index in [1.807, 2.05) is 19.0 Å². The Morgan fingerprint density at radius 1 is 1.60 bits per heavy atom. The van der Waals surface area contributed by atoms with Gasteiger partial charge in [0.05, 0.1) is 5.60 Å². The maximum atomic E-state index is 11.2. The second-order valence-electron chi connectivity index (χ2n) is 4.22. The number of nitrogens with zero attached hydrogens (tertiary/aromatic N) is 1. The van der Waals surface area contributed by atoms with Crippen LogP contribution in [-0.4, -0.2) is 48.7 Å². The minimum atomic E-state index is -0.907. The van der Waals surface area contributed by atoms with Crippen molar-refractivity contribution < 1.29 is 9.90 Å². The van der Waals surface area contributed by atoms with Crippen molar-refractivity contribution in [3.05, 3.63) is 0 Å². The van der Waals surface area contributed by atoms with E-state index in [4.69, 9.17) is 6.42 Å². The van der Waals surface area contributed by atoms with Crippen LogP contribution in [0.25, 0.3) is 0 Å². The van der Waals surface area contributed by atoms with Gasteiger partial charge < -0.3 is 15.3 Å². The summed E-state index contributed by atoms with van der Waals surface area (Å²) in [6.07, 6.45) is 5.78. The topological polar surface area (TPSA) is 52.6 Å². The van der Waals surface area contributed by atoms with Crippen LogP contribution in [-0.2, 0) is 4.79 Å². The highest BCUT2D eigenvalue weighted by atomic mass is 16.3. The van der Waals surface area contributed by atoms with E-state index in [1.54, 1.807) is 6.92 Å². The van der Waals surface area contributed by atoms with E-state index in [2.05, 4.69) is 11.2 Å². The number of amides is 1. The molecule has 0 fully saturated rings. The van der Waals surface area contributed by atoms with E-state index in [-0.39, 0.29) is 12.5 Å². The Labute approximate surface area is 91.7 Å². The normalized spacial score (nSPS) is 14.4. The Balaban J connectivity index is 3.83. The zero-order chi connectivity index (χ0) is 11.9. The van der Waals surface area contributed by atoms with Crippen molar-refractivity contribution in [2.45, 2.75) is 25.4 Å². The van der Waals surface area contributed by atoms with Crippen molar-refractivity contribution in [1.82, 2.24) is 10.2 Å². The molecule has 0 heterocycles. The van der Waals surface area contributed by atoms with Crippen LogP contribution >= 0.6 is 0 Å². The maximum Gasteiger partial charge on any atom is 0.221 e. The molecule has 2 N–H and O–H groups in total. The molecule has 15 heavy (non-hydrogen) atoms. The quantitative estimate of drug-likeness (QED) is 0.601. The third kappa shape index (κ3) is 7.98. The Morgan fingerprint density at radius 2 is 2.20 bits per heavy atom. The summed E-state index contributed by atoms with van der Waals surface area (Å²) in [5.41, 5.74) is -0.907. The van der Waals surface area contributed by atoms with Gasteiger partial charge in [0.25, 0.3) is 0 Å². The van der Waals surface area contributed by atoms with Crippen molar-refractivity contribution in [1.29, 1.82) is 0 Å². The molecule has 1 unspecified atom stereocenters. The molecule has 1 atom stereocenters. The van der Waals surface area contributed by atoms with Gasteiger partial charge in [-0.05, 0) is 21.0 Å². The molecular formula is C11H20N2O2. The van der Waals surface area contributed by atoms with E-state index in [0.717, 1.165) is 0 Å². The van der Waals surface area contributed by atoms with Gasteiger partial charge in [-0.3, -0.25) is 4.79 Å². The molecule has 0 aliphatic rings. The van der Waals surface area contributed by atoms with Gasteiger partial charge in [0, 0.05) is 25.9 Å². The lowest BCUT2D eigenvalue weighted by Crippen LogP contribution is -2.47. The first-order valence-electron chi connectivity index (χ1n) is 4.94. The van der Waals surface area contributed by atoms with E-state index in [9.17, 15) is 9.90 Å². The SMILES string of the molecule is C#CCCC(=O)NCC(C)(O)CN(C)C. The number of carbonyl (C=O) groups excluding carboxylic acids is 1. The zero-order valence-electron chi connectivity index (χ0n) is 9.71. The number of aliphatic hydroxyl groups is 1. The Morgan fingerprint density at radius 3 is 2.67 bits per heavy atom. The molecular weight excluding hydrogens is 192 g/mol. The van der Waals surface area contributed by atoms with Crippen LogP contribution in [0.15, 0.2) is 0 Å². The van der Waals surface area contributed by atoms with Gasteiger partial charge in [-0.15, -0.1) is 12.3 Å². The van der Waals surface area contributed by atoms with Crippen molar-refractivity contribution in [2.75, 3.05) is 27.2 Å². The van der Waals surface area contributed by atoms with Crippen LogP contribution in [0, 0.1) is 12.3 Å². The van der Waals surface area contributed by atoms with E-state index >= 15 is 0 Å². The molecule has 4 nitrogen and oxygen atoms in total. The number of rotatable bonds is 6. The second kappa shape index (κ2) is 6.44. The highest BCUT2D eigenvalue weighted by Gasteiger charge is 2.21. The summed E-state index contributed by atoms with van der Waals surface area (Å²) in [4.78, 5) is 13.1. The first kappa shape index (κ1) is 13.9. The van der Waals surface area contributed by atoms with E-state index in [1.165, 1.54) is 0 Å². The molecule has 1 amide bonds. The van der Waals surface area contributed by atoms with E-state index < -0.39 is 5.60 Å². The highest BCUT2D eigenvalue weighted by Crippen LogP contribution is 2.02. The summed E-state index contributed by atoms with van der Waals surface area (Å²) in [6.45, 7) is 2.44. The van der Waals surface area contributed by atoms with Crippen LogP contribution in [0.1, 0.15) is 19.8 Å². The number of hydrogen-bond acceptors (Lipinski definition) is 3. The van der Waals surface area contributed by atoms with Gasteiger partial charge in [-0.25, -0.2) is 0 Å². The first-order valence-corrected chi connectivity index (χ1v) is 4.94. The Hall–Kier alpha value is -1.05. The average Bonchev–Trinajstić information content (AvgIpc) is 2.09. The lowest BCUT2D eigenvalue weighted by atomic mass is 10.1. The van der Waals surface area contributed by atoms with Gasteiger partial charge in [0.1, 0.15) is 0 Å². The van der Waals surface area contributed by atoms with Gasteiger partial charge >= 0.3 is 0 Å². The minimum absolute atomic E-state index is 0.119. The summed E-state index contributed by atoms with van der Waals surface area (Å²) < 4.78 is 0. The largest absolute Gasteiger partial charge is 0.387 e. The van der Waals surface area contributed by atoms with Crippen LogP contribution in [0.2, 0.25) is 0 Å². The molecule has 0 bridgehead atoms. The van der Waals surface area contributed by atoms with Gasteiger partial charge in [0.2, 0.25) is 5.91 Å². The van der Waals surface area contributed by atoms with Crippen LogP contribution in [0.4, 0.5) is 0 Å². The lowest BCUT2D eigenvalue weighted by Gasteiger charge is -2.27. The molecule has 0 aliphatic heterocycles. The number of carbonyl (C=O) groups is 1. The predicted octanol–water partition coefficient (Wildman–Crippen LogP) is -0.171. The third-order valence-electron chi connectivity index (χ3n) is 1.82. The Kier molecular flexibility index (Phi) is 5.99. The molecule has 0 aromatic rings. The van der Waals surface area contributed by atoms with E-state index in [0.29, 0.717) is 19.4 Å². The van der Waals surface area contributed by atoms with Gasteiger partial charge in [-0.1, -0.05) is 0 Å². The molecule has 0 rings (SSSR count). The van der Waals surface area contributed by atoms with Crippen LogP contribution < -0.4 is 5.32 Å². The lowest BCUT2D eigenvalue weighted by molar-refractivity contribution is -0.122. The van der Waals surface area contributed by atoms with Crippen molar-refractivity contribution in [3.63, 3.8) is 0 Å². The molecule has 0 spiro atoms. The van der Waals surface area contributed by atoms with Crippen molar-refractivity contribution in [2.24, 2.45) is 0 Å². The standard InChI is InChI=1S/C11H20N2O2/c1-5-6-7-10(14)12-8-11(2,15)9-13(3)4/h1,15H,6-9H2,2-4H3,(H,12,14). The average molecular weight is 212 g/mol. The fraction of sp³-hybridized carbons (Fsp3) is 0.727. The molecule has 0 radical (unpaired) electrons. The zero-order valence-corrected chi connectivity index (χ0v) is 9.71. The molecule has 0 aromatic heterocycles. The van der Waals surface area contributed by atoms with Gasteiger partial charge in [-0.2, -0.15) is 0 Å². The summed E-state index contributed by atoms with van der Waals surface area (Å²) in [5.74, 6) is 2.28. The number of hydrogen-bond donors (Lipinski definition) is 2. The molecule has 0 aromatic carbocycles. The fourth-order valence-corrected chi connectivity index (χ4v) is 1.30. The van der Waals surface area contributed by atoms with Crippen LogP contribution in [0.3, 0.4) is 0 Å². The molecule has 0 saturated carbocycles. The molecule has 0 aliphatic carbocycles. The molecule has 86 valence electrons. The predicted molar refractivity (Wildman–Crippen MR) is 60.3 cm³/mol. The smallest absolute Gasteiger partial charge is 0.221 e. The summed E-state index contributed by atoms with van der Waals surface area (Å²) in [7, 11) is 3.74. The number of likely N-dealkylation sites (N-methyl/N-ethyl adjacent to an activating group) is 1. The number of nitrogens with one attached hydrogen (secondary N) is 1. The third-order valence-corrected chi connectivity index (χ3v) is 1.82. The first-order chi connectivity index (χ1) is 6.87. The van der Waals surface area contributed by atoms with Gasteiger partial charge in [0.15, 0.2) is 0 Å². The fourth-order valence-electron chi connectivity index (χ4n) is 1.30. The van der Waals surface area contributed by atoms with Crippen molar-refractivity contribution >= 4 is 5.91 Å². The molecule has 4 heteroatoms. The second-order valence-corrected chi connectivity index (χ2v) is 4.22. The minimum Gasteiger partial charge on any atom is -0.387 e. The summed E-state index contributed by atoms with van der Waals surface area (Å²) in [6, 6.07) is 0. The highest BCUT2D eigenvalue weighted by molar-refractivity contribution is 5.76. The number of terminal acetylenes is 1.